The number of carboxylic acid groups (broad SMARTS) is 1. The van der Waals surface area contributed by atoms with E-state index < -0.39 is 5.97 Å². The number of nitrogens with one attached hydrogen (secondary N) is 1. The van der Waals surface area contributed by atoms with Crippen LogP contribution in [0.3, 0.4) is 0 Å². The highest BCUT2D eigenvalue weighted by molar-refractivity contribution is 5.89. The molecular weight excluding hydrogens is 240 g/mol. The minimum atomic E-state index is -0.832. The van der Waals surface area contributed by atoms with Crippen LogP contribution in [0.25, 0.3) is 0 Å². The van der Waals surface area contributed by atoms with Crippen molar-refractivity contribution in [2.45, 2.75) is 20.3 Å². The summed E-state index contributed by atoms with van der Waals surface area (Å²) in [5.41, 5.74) is 3.62. The molecule has 0 atom stereocenters. The van der Waals surface area contributed by atoms with E-state index in [1.165, 1.54) is 5.56 Å². The van der Waals surface area contributed by atoms with Gasteiger partial charge in [-0.05, 0) is 43.0 Å². The summed E-state index contributed by atoms with van der Waals surface area (Å²) < 4.78 is 0. The van der Waals surface area contributed by atoms with Gasteiger partial charge >= 0.3 is 5.97 Å². The molecule has 0 aliphatic carbocycles. The van der Waals surface area contributed by atoms with Crippen LogP contribution in [0.5, 0.6) is 0 Å². The Morgan fingerprint density at radius 3 is 2.58 bits per heavy atom. The van der Waals surface area contributed by atoms with Crippen LogP contribution in [0.15, 0.2) is 12.1 Å². The maximum Gasteiger partial charge on any atom is 0.335 e. The molecule has 1 aliphatic heterocycles. The number of hydrogen-bond acceptors (Lipinski definition) is 3. The summed E-state index contributed by atoms with van der Waals surface area (Å²) in [4.78, 5) is 13.6. The molecule has 1 heterocycles. The van der Waals surface area contributed by atoms with Gasteiger partial charge in [-0.2, -0.15) is 0 Å². The molecule has 2 N–H and O–H groups in total. The maximum absolute atomic E-state index is 11.2. The van der Waals surface area contributed by atoms with Crippen LogP contribution in [0.2, 0.25) is 0 Å². The lowest BCUT2D eigenvalue weighted by Crippen LogP contribution is -2.44. The number of hydrogen-bond donors (Lipinski definition) is 2. The molecule has 1 aliphatic rings. The summed E-state index contributed by atoms with van der Waals surface area (Å²) in [5.74, 6) is -0.832. The van der Waals surface area contributed by atoms with Crippen LogP contribution in [-0.2, 0) is 6.42 Å². The van der Waals surface area contributed by atoms with Gasteiger partial charge in [0.15, 0.2) is 0 Å². The van der Waals surface area contributed by atoms with Gasteiger partial charge in [0.25, 0.3) is 0 Å². The SMILES string of the molecule is Cc1cc(C)c(C(=O)O)cc1CCN1CCNCC1. The molecule has 0 bridgehead atoms. The molecule has 1 aromatic rings. The standard InChI is InChI=1S/C15H22N2O2/c1-11-9-12(2)14(15(18)19)10-13(11)3-6-17-7-4-16-5-8-17/h9-10,16H,3-8H2,1-2H3,(H,18,19). The predicted octanol–water partition coefficient (Wildman–Crippen LogP) is 1.45. The predicted molar refractivity (Wildman–Crippen MR) is 75.9 cm³/mol. The molecule has 0 radical (unpaired) electrons. The summed E-state index contributed by atoms with van der Waals surface area (Å²) >= 11 is 0. The lowest BCUT2D eigenvalue weighted by atomic mass is 9.98. The van der Waals surface area contributed by atoms with E-state index in [1.807, 2.05) is 19.1 Å². The second-order valence-electron chi connectivity index (χ2n) is 5.24. The fraction of sp³-hybridized carbons (Fsp3) is 0.533. The van der Waals surface area contributed by atoms with Gasteiger partial charge < -0.3 is 15.3 Å². The monoisotopic (exact) mass is 262 g/mol. The largest absolute Gasteiger partial charge is 0.478 e. The van der Waals surface area contributed by atoms with Crippen LogP contribution in [0, 0.1) is 13.8 Å². The Kier molecular flexibility index (Phi) is 4.56. The van der Waals surface area contributed by atoms with Gasteiger partial charge in [0.05, 0.1) is 5.56 Å². The van der Waals surface area contributed by atoms with Crippen molar-refractivity contribution >= 4 is 5.97 Å². The minimum absolute atomic E-state index is 0.431. The Labute approximate surface area is 114 Å². The first-order chi connectivity index (χ1) is 9.08. The summed E-state index contributed by atoms with van der Waals surface area (Å²) in [6.45, 7) is 9.18. The number of piperazine rings is 1. The molecule has 2 rings (SSSR count). The quantitative estimate of drug-likeness (QED) is 0.862. The summed E-state index contributed by atoms with van der Waals surface area (Å²) in [6, 6.07) is 3.83. The zero-order valence-corrected chi connectivity index (χ0v) is 11.7. The van der Waals surface area contributed by atoms with Crippen molar-refractivity contribution < 1.29 is 9.90 Å². The summed E-state index contributed by atoms with van der Waals surface area (Å²) in [5, 5.41) is 12.5. The fourth-order valence-corrected chi connectivity index (χ4v) is 2.61. The number of rotatable bonds is 4. The topological polar surface area (TPSA) is 52.6 Å². The van der Waals surface area contributed by atoms with Crippen LogP contribution >= 0.6 is 0 Å². The number of carboxylic acids is 1. The summed E-state index contributed by atoms with van der Waals surface area (Å²) in [7, 11) is 0. The lowest BCUT2D eigenvalue weighted by molar-refractivity contribution is 0.0696. The van der Waals surface area contributed by atoms with E-state index in [0.717, 1.165) is 50.3 Å². The molecule has 0 amide bonds. The van der Waals surface area contributed by atoms with Gasteiger partial charge in [0.1, 0.15) is 0 Å². The van der Waals surface area contributed by atoms with E-state index in [0.29, 0.717) is 5.56 Å². The molecular formula is C15H22N2O2. The van der Waals surface area contributed by atoms with Gasteiger partial charge in [-0.3, -0.25) is 0 Å². The van der Waals surface area contributed by atoms with Crippen molar-refractivity contribution in [3.8, 4) is 0 Å². The Bertz CT molecular complexity index is 465. The fourth-order valence-electron chi connectivity index (χ4n) is 2.61. The van der Waals surface area contributed by atoms with Crippen LogP contribution in [0.4, 0.5) is 0 Å². The first-order valence-corrected chi connectivity index (χ1v) is 6.84. The third-order valence-corrected chi connectivity index (χ3v) is 3.82. The molecule has 1 saturated heterocycles. The number of aryl methyl sites for hydroxylation is 2. The third kappa shape index (κ3) is 3.55. The zero-order valence-electron chi connectivity index (χ0n) is 11.7. The van der Waals surface area contributed by atoms with Gasteiger partial charge in [-0.25, -0.2) is 4.79 Å². The molecule has 0 saturated carbocycles. The van der Waals surface area contributed by atoms with E-state index in [-0.39, 0.29) is 0 Å². The van der Waals surface area contributed by atoms with Crippen LogP contribution in [0.1, 0.15) is 27.0 Å². The van der Waals surface area contributed by atoms with Crippen molar-refractivity contribution in [1.82, 2.24) is 10.2 Å². The molecule has 4 nitrogen and oxygen atoms in total. The number of aromatic carboxylic acids is 1. The molecule has 19 heavy (non-hydrogen) atoms. The number of nitrogens with zero attached hydrogens (tertiary/aromatic N) is 1. The van der Waals surface area contributed by atoms with Crippen LogP contribution < -0.4 is 5.32 Å². The summed E-state index contributed by atoms with van der Waals surface area (Å²) in [6.07, 6.45) is 0.923. The Morgan fingerprint density at radius 2 is 1.95 bits per heavy atom. The van der Waals surface area contributed by atoms with Crippen LogP contribution in [-0.4, -0.2) is 48.7 Å². The average molecular weight is 262 g/mol. The molecule has 1 fully saturated rings. The van der Waals surface area contributed by atoms with E-state index >= 15 is 0 Å². The highest BCUT2D eigenvalue weighted by atomic mass is 16.4. The molecule has 1 aromatic carbocycles. The zero-order chi connectivity index (χ0) is 13.8. The second kappa shape index (κ2) is 6.17. The molecule has 0 unspecified atom stereocenters. The normalized spacial score (nSPS) is 16.5. The highest BCUT2D eigenvalue weighted by Crippen LogP contribution is 2.17. The third-order valence-electron chi connectivity index (χ3n) is 3.82. The smallest absolute Gasteiger partial charge is 0.335 e. The highest BCUT2D eigenvalue weighted by Gasteiger charge is 2.13. The number of carbonyl (C=O) groups is 1. The van der Waals surface area contributed by atoms with E-state index in [9.17, 15) is 9.90 Å². The van der Waals surface area contributed by atoms with Gasteiger partial charge in [0, 0.05) is 32.7 Å². The van der Waals surface area contributed by atoms with Crippen molar-refractivity contribution in [1.29, 1.82) is 0 Å². The first-order valence-electron chi connectivity index (χ1n) is 6.84. The van der Waals surface area contributed by atoms with E-state index in [2.05, 4.69) is 17.1 Å². The molecule has 0 aromatic heterocycles. The van der Waals surface area contributed by atoms with E-state index in [1.54, 1.807) is 0 Å². The van der Waals surface area contributed by atoms with E-state index in [4.69, 9.17) is 0 Å². The van der Waals surface area contributed by atoms with Crippen molar-refractivity contribution in [2.24, 2.45) is 0 Å². The van der Waals surface area contributed by atoms with Crippen molar-refractivity contribution in [3.05, 3.63) is 34.4 Å². The molecule has 4 heteroatoms. The average Bonchev–Trinajstić information content (AvgIpc) is 2.38. The lowest BCUT2D eigenvalue weighted by Gasteiger charge is -2.27. The Balaban J connectivity index is 2.06. The van der Waals surface area contributed by atoms with Crippen molar-refractivity contribution in [3.63, 3.8) is 0 Å². The minimum Gasteiger partial charge on any atom is -0.478 e. The number of benzene rings is 1. The van der Waals surface area contributed by atoms with Gasteiger partial charge in [-0.1, -0.05) is 6.07 Å². The van der Waals surface area contributed by atoms with Crippen molar-refractivity contribution in [2.75, 3.05) is 32.7 Å². The molecule has 104 valence electrons. The molecule has 0 spiro atoms. The Hall–Kier alpha value is -1.39. The maximum atomic E-state index is 11.2. The first kappa shape index (κ1) is 14.0. The van der Waals surface area contributed by atoms with Gasteiger partial charge in [-0.15, -0.1) is 0 Å². The Morgan fingerprint density at radius 1 is 1.26 bits per heavy atom. The second-order valence-corrected chi connectivity index (χ2v) is 5.24. The van der Waals surface area contributed by atoms with Gasteiger partial charge in [0.2, 0.25) is 0 Å².